The minimum Gasteiger partial charge on any atom is -0.262 e. The Kier molecular flexibility index (Phi) is 2.45. The van der Waals surface area contributed by atoms with Gasteiger partial charge in [0.15, 0.2) is 0 Å². The van der Waals surface area contributed by atoms with Crippen molar-refractivity contribution >= 4 is 11.3 Å². The summed E-state index contributed by atoms with van der Waals surface area (Å²) in [5, 5.41) is 19.8. The molecule has 2 aromatic rings. The molecule has 2 aromatic heterocycles. The predicted octanol–water partition coefficient (Wildman–Crippen LogP) is 2.55. The van der Waals surface area contributed by atoms with Crippen molar-refractivity contribution in [3.63, 3.8) is 0 Å². The van der Waals surface area contributed by atoms with Gasteiger partial charge < -0.3 is 0 Å². The van der Waals surface area contributed by atoms with Gasteiger partial charge in [-0.1, -0.05) is 6.07 Å². The Balaban J connectivity index is 2.75. The molecule has 15 heavy (non-hydrogen) atoms. The lowest BCUT2D eigenvalue weighted by molar-refractivity contribution is 1.28. The van der Waals surface area contributed by atoms with Crippen LogP contribution in [0.5, 0.6) is 0 Å². The van der Waals surface area contributed by atoms with Gasteiger partial charge in [0.1, 0.15) is 12.1 Å². The summed E-state index contributed by atoms with van der Waals surface area (Å²) in [6.07, 6.45) is 2.96. The van der Waals surface area contributed by atoms with E-state index >= 15 is 0 Å². The zero-order chi connectivity index (χ0) is 10.7. The Hall–Kier alpha value is -2.17. The van der Waals surface area contributed by atoms with Crippen molar-refractivity contribution in [2.24, 2.45) is 0 Å². The first kappa shape index (κ1) is 9.39. The summed E-state index contributed by atoms with van der Waals surface area (Å²) in [5.41, 5.74) is 1.57. The van der Waals surface area contributed by atoms with Gasteiger partial charge in [-0.05, 0) is 11.4 Å². The molecular formula is C11H5N3S. The number of rotatable bonds is 1. The van der Waals surface area contributed by atoms with Gasteiger partial charge in [-0.15, -0.1) is 11.3 Å². The van der Waals surface area contributed by atoms with Gasteiger partial charge in [0.05, 0.1) is 11.1 Å². The van der Waals surface area contributed by atoms with Crippen molar-refractivity contribution in [3.05, 3.63) is 41.0 Å². The maximum Gasteiger partial charge on any atom is 0.101 e. The molecule has 0 aliphatic carbocycles. The van der Waals surface area contributed by atoms with Crippen LogP contribution in [0.3, 0.4) is 0 Å². The summed E-state index contributed by atoms with van der Waals surface area (Å²) in [6, 6.07) is 7.89. The van der Waals surface area contributed by atoms with Crippen LogP contribution in [0.4, 0.5) is 0 Å². The lowest BCUT2D eigenvalue weighted by atomic mass is 10.0. The highest BCUT2D eigenvalue weighted by Crippen LogP contribution is 2.30. The van der Waals surface area contributed by atoms with E-state index in [-0.39, 0.29) is 0 Å². The number of pyridine rings is 1. The molecule has 0 radical (unpaired) electrons. The first-order chi connectivity index (χ1) is 7.36. The van der Waals surface area contributed by atoms with Gasteiger partial charge >= 0.3 is 0 Å². The molecular weight excluding hydrogens is 206 g/mol. The van der Waals surface area contributed by atoms with E-state index in [9.17, 15) is 0 Å². The number of aromatic nitrogens is 1. The van der Waals surface area contributed by atoms with Gasteiger partial charge in [-0.3, -0.25) is 4.98 Å². The van der Waals surface area contributed by atoms with Crippen LogP contribution in [0, 0.1) is 22.7 Å². The Morgan fingerprint density at radius 3 is 2.27 bits per heavy atom. The van der Waals surface area contributed by atoms with Gasteiger partial charge in [-0.2, -0.15) is 10.5 Å². The second-order valence-corrected chi connectivity index (χ2v) is 3.76. The molecule has 0 aliphatic heterocycles. The minimum absolute atomic E-state index is 0.441. The molecule has 4 heteroatoms. The van der Waals surface area contributed by atoms with Crippen LogP contribution in [-0.2, 0) is 0 Å². The molecule has 0 bridgehead atoms. The van der Waals surface area contributed by atoms with Gasteiger partial charge in [0.2, 0.25) is 0 Å². The lowest BCUT2D eigenvalue weighted by Crippen LogP contribution is -1.89. The molecule has 0 spiro atoms. The number of nitriles is 2. The first-order valence-electron chi connectivity index (χ1n) is 4.19. The molecule has 0 unspecified atom stereocenters. The topological polar surface area (TPSA) is 60.5 Å². The third kappa shape index (κ3) is 1.59. The zero-order valence-electron chi connectivity index (χ0n) is 7.64. The molecule has 0 saturated carbocycles. The normalized spacial score (nSPS) is 9.20. The molecule has 2 rings (SSSR count). The fourth-order valence-electron chi connectivity index (χ4n) is 1.32. The number of nitrogens with zero attached hydrogens (tertiary/aromatic N) is 3. The first-order valence-corrected chi connectivity index (χ1v) is 5.07. The summed E-state index contributed by atoms with van der Waals surface area (Å²) < 4.78 is 0. The third-order valence-electron chi connectivity index (χ3n) is 1.95. The van der Waals surface area contributed by atoms with Gasteiger partial charge in [-0.25, -0.2) is 0 Å². The van der Waals surface area contributed by atoms with E-state index in [1.807, 2.05) is 17.5 Å². The highest BCUT2D eigenvalue weighted by molar-refractivity contribution is 7.13. The van der Waals surface area contributed by atoms with Crippen LogP contribution >= 0.6 is 11.3 Å². The fraction of sp³-hybridized carbons (Fsp3) is 0. The predicted molar refractivity (Wildman–Crippen MR) is 57.0 cm³/mol. The van der Waals surface area contributed by atoms with Crippen molar-refractivity contribution in [1.29, 1.82) is 10.5 Å². The molecule has 0 saturated heterocycles. The van der Waals surface area contributed by atoms with Gasteiger partial charge in [0.25, 0.3) is 0 Å². The lowest BCUT2D eigenvalue weighted by Gasteiger charge is -2.01. The number of thiophene rings is 1. The van der Waals surface area contributed by atoms with E-state index in [1.165, 1.54) is 23.7 Å². The average Bonchev–Trinajstić information content (AvgIpc) is 2.81. The molecule has 0 aromatic carbocycles. The Bertz CT molecular complexity index is 526. The highest BCUT2D eigenvalue weighted by atomic mass is 32.1. The summed E-state index contributed by atoms with van der Waals surface area (Å²) in [5.74, 6) is 0. The fourth-order valence-corrected chi connectivity index (χ4v) is 2.11. The minimum atomic E-state index is 0.441. The maximum absolute atomic E-state index is 8.94. The SMILES string of the molecule is N#Cc1cncc(C#N)c1-c1cccs1. The Morgan fingerprint density at radius 2 is 1.80 bits per heavy atom. The van der Waals surface area contributed by atoms with E-state index in [0.717, 1.165) is 4.88 Å². The highest BCUT2D eigenvalue weighted by Gasteiger charge is 2.11. The van der Waals surface area contributed by atoms with Crippen LogP contribution in [0.15, 0.2) is 29.9 Å². The Morgan fingerprint density at radius 1 is 1.13 bits per heavy atom. The molecule has 2 heterocycles. The summed E-state index contributed by atoms with van der Waals surface area (Å²) in [6.45, 7) is 0. The van der Waals surface area contributed by atoms with Crippen LogP contribution in [0.25, 0.3) is 10.4 Å². The monoisotopic (exact) mass is 211 g/mol. The maximum atomic E-state index is 8.94. The summed E-state index contributed by atoms with van der Waals surface area (Å²) in [4.78, 5) is 4.78. The molecule has 0 fully saturated rings. The van der Waals surface area contributed by atoms with Crippen molar-refractivity contribution in [2.45, 2.75) is 0 Å². The van der Waals surface area contributed by atoms with Gasteiger partial charge in [0, 0.05) is 22.8 Å². The Labute approximate surface area is 90.9 Å². The average molecular weight is 211 g/mol. The second-order valence-electron chi connectivity index (χ2n) is 2.81. The third-order valence-corrected chi connectivity index (χ3v) is 2.84. The molecule has 0 N–H and O–H groups in total. The van der Waals surface area contributed by atoms with E-state index in [4.69, 9.17) is 10.5 Å². The van der Waals surface area contributed by atoms with E-state index in [2.05, 4.69) is 17.1 Å². The van der Waals surface area contributed by atoms with Crippen LogP contribution in [0.2, 0.25) is 0 Å². The van der Waals surface area contributed by atoms with E-state index < -0.39 is 0 Å². The van der Waals surface area contributed by atoms with Crippen molar-refractivity contribution in [3.8, 4) is 22.6 Å². The molecule has 70 valence electrons. The van der Waals surface area contributed by atoms with Crippen LogP contribution in [0.1, 0.15) is 11.1 Å². The summed E-state index contributed by atoms with van der Waals surface area (Å²) >= 11 is 1.51. The van der Waals surface area contributed by atoms with Crippen molar-refractivity contribution < 1.29 is 0 Å². The molecule has 0 atom stereocenters. The largest absolute Gasteiger partial charge is 0.262 e. The second kappa shape index (κ2) is 3.91. The standard InChI is InChI=1S/C11H5N3S/c12-4-8-6-14-7-9(5-13)11(8)10-2-1-3-15-10/h1-3,6-7H. The van der Waals surface area contributed by atoms with Crippen molar-refractivity contribution in [1.82, 2.24) is 4.98 Å². The molecule has 3 nitrogen and oxygen atoms in total. The molecule has 0 aliphatic rings. The van der Waals surface area contributed by atoms with E-state index in [1.54, 1.807) is 0 Å². The summed E-state index contributed by atoms with van der Waals surface area (Å²) in [7, 11) is 0. The number of hydrogen-bond donors (Lipinski definition) is 0. The molecule has 0 amide bonds. The quantitative estimate of drug-likeness (QED) is 0.728. The van der Waals surface area contributed by atoms with E-state index in [0.29, 0.717) is 16.7 Å². The van der Waals surface area contributed by atoms with Crippen molar-refractivity contribution in [2.75, 3.05) is 0 Å². The van der Waals surface area contributed by atoms with Crippen LogP contribution in [-0.4, -0.2) is 4.98 Å². The number of hydrogen-bond acceptors (Lipinski definition) is 4. The smallest absolute Gasteiger partial charge is 0.101 e. The zero-order valence-corrected chi connectivity index (χ0v) is 8.45. The van der Waals surface area contributed by atoms with Crippen LogP contribution < -0.4 is 0 Å².